The fourth-order valence-corrected chi connectivity index (χ4v) is 7.29. The molecule has 0 atom stereocenters. The number of aromatic nitrogens is 1. The Labute approximate surface area is 265 Å². The van der Waals surface area contributed by atoms with Crippen molar-refractivity contribution in [3.05, 3.63) is 145 Å². The number of rotatable bonds is 4. The topological polar surface area (TPSA) is 4.93 Å². The molecule has 1 aromatic heterocycles. The van der Waals surface area contributed by atoms with E-state index in [1.54, 1.807) is 0 Å². The zero-order valence-corrected chi connectivity index (χ0v) is 26.4. The molecule has 1 heteroatoms. The van der Waals surface area contributed by atoms with E-state index < -0.39 is 0 Å². The molecular weight excluding hydrogens is 542 g/mol. The van der Waals surface area contributed by atoms with Gasteiger partial charge in [0, 0.05) is 28.4 Å². The Bertz CT molecular complexity index is 2300. The molecule has 0 bridgehead atoms. The first-order valence-electron chi connectivity index (χ1n) is 16.1. The molecule has 0 amide bonds. The SMILES string of the molecule is CCn1c2ccccc2c2cc(-c3ccc(-c4c5ccccc5c(-c5ccc(C(C)(C)C)cc5)c5ccccc45)cc3)ccc21. The molecule has 0 saturated heterocycles. The number of para-hydroxylation sites is 1. The highest BCUT2D eigenvalue weighted by Crippen LogP contribution is 2.44. The summed E-state index contributed by atoms with van der Waals surface area (Å²) >= 11 is 0. The zero-order valence-electron chi connectivity index (χ0n) is 26.4. The fourth-order valence-electron chi connectivity index (χ4n) is 7.29. The standard InChI is InChI=1S/C44H37N/c1-5-45-40-17-11-10-12-34(40)39-28-32(24-27-41(39)45)29-18-20-30(21-19-29)42-35-13-6-8-15-37(35)43(38-16-9-7-14-36(38)42)31-22-25-33(26-23-31)44(2,3)4/h6-28H,5H2,1-4H3. The Kier molecular flexibility index (Phi) is 6.39. The van der Waals surface area contributed by atoms with Gasteiger partial charge in [0.15, 0.2) is 0 Å². The number of aryl methyl sites for hydroxylation is 1. The van der Waals surface area contributed by atoms with Crippen LogP contribution < -0.4 is 0 Å². The van der Waals surface area contributed by atoms with Crippen LogP contribution in [0.4, 0.5) is 0 Å². The van der Waals surface area contributed by atoms with Crippen molar-refractivity contribution in [2.75, 3.05) is 0 Å². The smallest absolute Gasteiger partial charge is 0.0491 e. The molecule has 7 aromatic carbocycles. The summed E-state index contributed by atoms with van der Waals surface area (Å²) in [5.74, 6) is 0. The quantitative estimate of drug-likeness (QED) is 0.183. The molecular formula is C44H37N. The minimum atomic E-state index is 0.124. The third-order valence-electron chi connectivity index (χ3n) is 9.57. The molecule has 0 aliphatic heterocycles. The molecule has 218 valence electrons. The van der Waals surface area contributed by atoms with Crippen LogP contribution in [0.5, 0.6) is 0 Å². The normalized spacial score (nSPS) is 12.1. The average molecular weight is 580 g/mol. The van der Waals surface area contributed by atoms with Crippen molar-refractivity contribution in [3.63, 3.8) is 0 Å². The molecule has 0 aliphatic carbocycles. The van der Waals surface area contributed by atoms with Gasteiger partial charge in [-0.15, -0.1) is 0 Å². The van der Waals surface area contributed by atoms with E-state index in [0.717, 1.165) is 6.54 Å². The lowest BCUT2D eigenvalue weighted by Crippen LogP contribution is -2.10. The van der Waals surface area contributed by atoms with Crippen molar-refractivity contribution in [3.8, 4) is 33.4 Å². The highest BCUT2D eigenvalue weighted by atomic mass is 15.0. The summed E-state index contributed by atoms with van der Waals surface area (Å²) in [7, 11) is 0. The molecule has 0 saturated carbocycles. The molecule has 0 aliphatic rings. The molecule has 8 aromatic rings. The minimum absolute atomic E-state index is 0.124. The van der Waals surface area contributed by atoms with E-state index in [2.05, 4.69) is 172 Å². The Hall–Kier alpha value is -5.14. The maximum absolute atomic E-state index is 2.41. The van der Waals surface area contributed by atoms with Gasteiger partial charge < -0.3 is 4.57 Å². The third kappa shape index (κ3) is 4.46. The lowest BCUT2D eigenvalue weighted by molar-refractivity contribution is 0.590. The van der Waals surface area contributed by atoms with Crippen LogP contribution in [0.15, 0.2) is 140 Å². The molecule has 45 heavy (non-hydrogen) atoms. The summed E-state index contributed by atoms with van der Waals surface area (Å²) in [4.78, 5) is 0. The van der Waals surface area contributed by atoms with Gasteiger partial charge in [-0.3, -0.25) is 0 Å². The van der Waals surface area contributed by atoms with Crippen LogP contribution in [0.1, 0.15) is 33.3 Å². The van der Waals surface area contributed by atoms with Gasteiger partial charge >= 0.3 is 0 Å². The molecule has 8 rings (SSSR count). The van der Waals surface area contributed by atoms with Crippen LogP contribution in [-0.4, -0.2) is 4.57 Å². The monoisotopic (exact) mass is 579 g/mol. The van der Waals surface area contributed by atoms with Gasteiger partial charge in [-0.05, 0) is 91.0 Å². The van der Waals surface area contributed by atoms with Crippen molar-refractivity contribution >= 4 is 43.4 Å². The van der Waals surface area contributed by atoms with Crippen molar-refractivity contribution in [1.82, 2.24) is 4.57 Å². The van der Waals surface area contributed by atoms with E-state index in [1.807, 2.05) is 0 Å². The molecule has 0 radical (unpaired) electrons. The second-order valence-electron chi connectivity index (χ2n) is 13.2. The van der Waals surface area contributed by atoms with Gasteiger partial charge in [-0.25, -0.2) is 0 Å². The Morgan fingerprint density at radius 2 is 0.844 bits per heavy atom. The number of benzene rings is 7. The zero-order chi connectivity index (χ0) is 30.7. The van der Waals surface area contributed by atoms with E-state index in [-0.39, 0.29) is 5.41 Å². The highest BCUT2D eigenvalue weighted by molar-refractivity contribution is 6.21. The second-order valence-corrected chi connectivity index (χ2v) is 13.2. The summed E-state index contributed by atoms with van der Waals surface area (Å²) in [6.45, 7) is 10.0. The Balaban J connectivity index is 1.28. The van der Waals surface area contributed by atoms with Crippen molar-refractivity contribution in [2.45, 2.75) is 39.7 Å². The maximum Gasteiger partial charge on any atom is 0.0491 e. The molecule has 1 nitrogen and oxygen atoms in total. The van der Waals surface area contributed by atoms with Crippen molar-refractivity contribution in [2.24, 2.45) is 0 Å². The van der Waals surface area contributed by atoms with Crippen LogP contribution in [0.25, 0.3) is 76.7 Å². The van der Waals surface area contributed by atoms with Crippen LogP contribution in [0.2, 0.25) is 0 Å². The van der Waals surface area contributed by atoms with E-state index in [1.165, 1.54) is 82.3 Å². The van der Waals surface area contributed by atoms with Crippen LogP contribution in [0.3, 0.4) is 0 Å². The largest absolute Gasteiger partial charge is 0.341 e. The lowest BCUT2D eigenvalue weighted by atomic mass is 9.83. The summed E-state index contributed by atoms with van der Waals surface area (Å²) < 4.78 is 2.41. The van der Waals surface area contributed by atoms with Crippen LogP contribution >= 0.6 is 0 Å². The van der Waals surface area contributed by atoms with Gasteiger partial charge in [0.25, 0.3) is 0 Å². The van der Waals surface area contributed by atoms with Gasteiger partial charge in [-0.2, -0.15) is 0 Å². The summed E-state index contributed by atoms with van der Waals surface area (Å²) in [6, 6.07) is 51.9. The summed E-state index contributed by atoms with van der Waals surface area (Å²) in [5, 5.41) is 7.78. The molecule has 0 fully saturated rings. The van der Waals surface area contributed by atoms with Gasteiger partial charge in [0.2, 0.25) is 0 Å². The minimum Gasteiger partial charge on any atom is -0.341 e. The molecule has 0 spiro atoms. The van der Waals surface area contributed by atoms with Crippen LogP contribution in [0, 0.1) is 0 Å². The van der Waals surface area contributed by atoms with E-state index in [4.69, 9.17) is 0 Å². The van der Waals surface area contributed by atoms with Gasteiger partial charge in [0.1, 0.15) is 0 Å². The predicted octanol–water partition coefficient (Wildman–Crippen LogP) is 12.4. The number of nitrogens with zero attached hydrogens (tertiary/aromatic N) is 1. The first-order valence-corrected chi connectivity index (χ1v) is 16.1. The Morgan fingerprint density at radius 3 is 1.36 bits per heavy atom. The van der Waals surface area contributed by atoms with E-state index in [9.17, 15) is 0 Å². The van der Waals surface area contributed by atoms with Crippen LogP contribution in [-0.2, 0) is 12.0 Å². The van der Waals surface area contributed by atoms with Gasteiger partial charge in [0.05, 0.1) is 0 Å². The second kappa shape index (κ2) is 10.5. The van der Waals surface area contributed by atoms with Crippen molar-refractivity contribution in [1.29, 1.82) is 0 Å². The molecule has 0 N–H and O–H groups in total. The number of fused-ring (bicyclic) bond motifs is 5. The first kappa shape index (κ1) is 27.4. The van der Waals surface area contributed by atoms with E-state index in [0.29, 0.717) is 0 Å². The summed E-state index contributed by atoms with van der Waals surface area (Å²) in [6.07, 6.45) is 0. The highest BCUT2D eigenvalue weighted by Gasteiger charge is 2.18. The first-order chi connectivity index (χ1) is 21.9. The predicted molar refractivity (Wildman–Crippen MR) is 195 cm³/mol. The fraction of sp³-hybridized carbons (Fsp3) is 0.136. The number of hydrogen-bond donors (Lipinski definition) is 0. The lowest BCUT2D eigenvalue weighted by Gasteiger charge is -2.21. The Morgan fingerprint density at radius 1 is 0.422 bits per heavy atom. The molecule has 0 unspecified atom stereocenters. The van der Waals surface area contributed by atoms with Crippen molar-refractivity contribution < 1.29 is 0 Å². The molecule has 1 heterocycles. The average Bonchev–Trinajstić information content (AvgIpc) is 3.40. The van der Waals surface area contributed by atoms with Gasteiger partial charge in [-0.1, -0.05) is 142 Å². The summed E-state index contributed by atoms with van der Waals surface area (Å²) in [5.41, 5.74) is 11.7. The van der Waals surface area contributed by atoms with E-state index >= 15 is 0 Å². The maximum atomic E-state index is 2.41. The number of hydrogen-bond acceptors (Lipinski definition) is 0. The third-order valence-corrected chi connectivity index (χ3v) is 9.57.